The van der Waals surface area contributed by atoms with E-state index in [1.165, 1.54) is 10.5 Å². The molecular weight excluding hydrogens is 532 g/mol. The number of carbonyl (C=O) groups excluding carboxylic acids is 3. The maximum absolute atomic E-state index is 13.3. The van der Waals surface area contributed by atoms with Crippen molar-refractivity contribution in [3.05, 3.63) is 70.8 Å². The van der Waals surface area contributed by atoms with E-state index >= 15 is 0 Å². The first kappa shape index (κ1) is 29.6. The molecule has 41 heavy (non-hydrogen) atoms. The highest BCUT2D eigenvalue weighted by atomic mass is 28.3. The Morgan fingerprint density at radius 1 is 0.951 bits per heavy atom. The quantitative estimate of drug-likeness (QED) is 0.245. The van der Waals surface area contributed by atoms with Crippen molar-refractivity contribution in [1.82, 2.24) is 20.0 Å². The van der Waals surface area contributed by atoms with Crippen molar-refractivity contribution in [2.24, 2.45) is 0 Å². The van der Waals surface area contributed by atoms with Gasteiger partial charge in [0.2, 0.25) is 5.91 Å². The van der Waals surface area contributed by atoms with Gasteiger partial charge in [-0.1, -0.05) is 62.1 Å². The largest absolute Gasteiger partial charge is 0.361 e. The van der Waals surface area contributed by atoms with E-state index in [0.29, 0.717) is 31.2 Å². The van der Waals surface area contributed by atoms with E-state index in [4.69, 9.17) is 4.74 Å². The first-order valence-electron chi connectivity index (χ1n) is 15.0. The Labute approximate surface area is 245 Å². The number of carbonyl (C=O) groups is 3. The van der Waals surface area contributed by atoms with Gasteiger partial charge in [0, 0.05) is 52.3 Å². The molecule has 8 nitrogen and oxygen atoms in total. The second-order valence-corrected chi connectivity index (χ2v) is 18.5. The predicted octanol–water partition coefficient (Wildman–Crippen LogP) is 4.23. The summed E-state index contributed by atoms with van der Waals surface area (Å²) in [7, 11) is -1.27. The summed E-state index contributed by atoms with van der Waals surface area (Å²) in [6.45, 7) is 11.6. The number of hydrogen-bond donors (Lipinski definition) is 1. The number of amides is 3. The van der Waals surface area contributed by atoms with Crippen molar-refractivity contribution in [3.8, 4) is 0 Å². The van der Waals surface area contributed by atoms with Gasteiger partial charge in [0.15, 0.2) is 0 Å². The number of nitrogens with zero attached hydrogens (tertiary/aromatic N) is 3. The lowest BCUT2D eigenvalue weighted by molar-refractivity contribution is -0.158. The van der Waals surface area contributed by atoms with Crippen LogP contribution in [0, 0.1) is 0 Å². The van der Waals surface area contributed by atoms with Crippen LogP contribution >= 0.6 is 0 Å². The van der Waals surface area contributed by atoms with Gasteiger partial charge >= 0.3 is 0 Å². The molecule has 0 aliphatic carbocycles. The minimum atomic E-state index is -1.27. The normalized spacial score (nSPS) is 20.7. The summed E-state index contributed by atoms with van der Waals surface area (Å²) in [6, 6.07) is 17.5. The molecule has 0 aromatic heterocycles. The molecule has 1 unspecified atom stereocenters. The van der Waals surface area contributed by atoms with Crippen molar-refractivity contribution in [2.45, 2.75) is 83.1 Å². The number of likely N-dealkylation sites (tertiary alicyclic amines) is 2. The van der Waals surface area contributed by atoms with Gasteiger partial charge in [-0.25, -0.2) is 0 Å². The molecule has 3 aliphatic rings. The second kappa shape index (κ2) is 13.0. The van der Waals surface area contributed by atoms with Crippen LogP contribution in [0.3, 0.4) is 0 Å². The van der Waals surface area contributed by atoms with Crippen LogP contribution < -0.4 is 5.32 Å². The monoisotopic (exact) mass is 576 g/mol. The van der Waals surface area contributed by atoms with Gasteiger partial charge in [-0.2, -0.15) is 0 Å². The third-order valence-electron chi connectivity index (χ3n) is 8.51. The number of piperidine rings is 2. The Bertz CT molecular complexity index is 1240. The number of fused-ring (bicyclic) bond motifs is 1. The average Bonchev–Trinajstić information content (AvgIpc) is 3.27. The van der Waals surface area contributed by atoms with E-state index in [2.05, 4.69) is 66.3 Å². The number of rotatable bonds is 11. The highest BCUT2D eigenvalue weighted by molar-refractivity contribution is 6.76. The van der Waals surface area contributed by atoms with Crippen LogP contribution in [0.15, 0.2) is 48.5 Å². The van der Waals surface area contributed by atoms with E-state index < -0.39 is 14.1 Å². The first-order chi connectivity index (χ1) is 19.7. The lowest BCUT2D eigenvalue weighted by Gasteiger charge is -2.35. The van der Waals surface area contributed by atoms with Gasteiger partial charge < -0.3 is 15.0 Å². The molecule has 9 heteroatoms. The molecule has 3 heterocycles. The van der Waals surface area contributed by atoms with Crippen LogP contribution in [-0.2, 0) is 34.0 Å². The molecule has 2 saturated heterocycles. The first-order valence-corrected chi connectivity index (χ1v) is 18.7. The van der Waals surface area contributed by atoms with Gasteiger partial charge in [-0.3, -0.25) is 24.2 Å². The fraction of sp³-hybridized carbons (Fsp3) is 0.531. The molecule has 2 aromatic carbocycles. The van der Waals surface area contributed by atoms with Gasteiger partial charge in [0.25, 0.3) is 11.8 Å². The fourth-order valence-corrected chi connectivity index (χ4v) is 6.69. The smallest absolute Gasteiger partial charge is 0.255 e. The summed E-state index contributed by atoms with van der Waals surface area (Å²) >= 11 is 0. The predicted molar refractivity (Wildman–Crippen MR) is 162 cm³/mol. The zero-order valence-electron chi connectivity index (χ0n) is 24.7. The van der Waals surface area contributed by atoms with Crippen LogP contribution in [0.5, 0.6) is 0 Å². The summed E-state index contributed by atoms with van der Waals surface area (Å²) in [5, 5.41) is 3.72. The van der Waals surface area contributed by atoms with Gasteiger partial charge in [-0.05, 0) is 61.2 Å². The van der Waals surface area contributed by atoms with Crippen molar-refractivity contribution in [2.75, 3.05) is 26.4 Å². The van der Waals surface area contributed by atoms with Crippen LogP contribution in [0.2, 0.25) is 25.7 Å². The molecule has 5 rings (SSSR count). The molecule has 2 fully saturated rings. The molecule has 0 saturated carbocycles. The molecule has 1 N–H and O–H groups in total. The van der Waals surface area contributed by atoms with E-state index in [1.54, 1.807) is 4.90 Å². The zero-order valence-corrected chi connectivity index (χ0v) is 25.7. The van der Waals surface area contributed by atoms with Crippen molar-refractivity contribution in [3.63, 3.8) is 0 Å². The molecule has 2 aromatic rings. The van der Waals surface area contributed by atoms with Crippen molar-refractivity contribution < 1.29 is 19.1 Å². The highest BCUT2D eigenvalue weighted by Gasteiger charge is 2.42. The van der Waals surface area contributed by atoms with Crippen LogP contribution in [-0.4, -0.2) is 79.0 Å². The molecular formula is C32H44N4O4Si. The number of benzene rings is 2. The third kappa shape index (κ3) is 7.51. The molecule has 3 amide bonds. The van der Waals surface area contributed by atoms with E-state index in [9.17, 15) is 14.4 Å². The summed E-state index contributed by atoms with van der Waals surface area (Å²) < 4.78 is 5.72. The minimum absolute atomic E-state index is 0.0331. The Kier molecular flexibility index (Phi) is 9.38. The Morgan fingerprint density at radius 2 is 1.71 bits per heavy atom. The highest BCUT2D eigenvalue weighted by Crippen LogP contribution is 2.30. The Balaban J connectivity index is 1.12. The zero-order chi connectivity index (χ0) is 29.0. The molecule has 1 atom stereocenters. The molecule has 0 radical (unpaired) electrons. The topological polar surface area (TPSA) is 82.2 Å². The summed E-state index contributed by atoms with van der Waals surface area (Å²) in [5.41, 5.74) is 4.12. The number of imide groups is 1. The van der Waals surface area contributed by atoms with E-state index in [-0.39, 0.29) is 30.9 Å². The standard InChI is InChI=1S/C32H44N4O4Si/c1-41(2,3)18-17-40-23-36-30(37)12-11-29(32(36)39)35-22-26-19-25(9-10-28(26)31(35)38)20-33-27-13-15-34(16-14-27)21-24-7-5-4-6-8-24/h4-10,19,27,29,33H,11-18,20-23H2,1-3H3. The van der Waals surface area contributed by atoms with E-state index in [1.807, 2.05) is 12.1 Å². The lowest BCUT2D eigenvalue weighted by atomic mass is 10.0. The minimum Gasteiger partial charge on any atom is -0.361 e. The Hall–Kier alpha value is -2.85. The van der Waals surface area contributed by atoms with Gasteiger partial charge in [0.1, 0.15) is 12.8 Å². The second-order valence-electron chi connectivity index (χ2n) is 12.9. The van der Waals surface area contributed by atoms with Gasteiger partial charge in [0.05, 0.1) is 0 Å². The maximum Gasteiger partial charge on any atom is 0.255 e. The van der Waals surface area contributed by atoms with Gasteiger partial charge in [-0.15, -0.1) is 0 Å². The number of hydrogen-bond acceptors (Lipinski definition) is 6. The van der Waals surface area contributed by atoms with Crippen LogP contribution in [0.1, 0.15) is 52.7 Å². The summed E-state index contributed by atoms with van der Waals surface area (Å²) in [6.07, 6.45) is 2.84. The lowest BCUT2D eigenvalue weighted by Crippen LogP contribution is -2.55. The third-order valence-corrected chi connectivity index (χ3v) is 10.2. The van der Waals surface area contributed by atoms with E-state index in [0.717, 1.165) is 56.2 Å². The maximum atomic E-state index is 13.3. The fourth-order valence-electron chi connectivity index (χ4n) is 5.94. The SMILES string of the molecule is C[Si](C)(C)CCOCN1C(=O)CCC(N2Cc3cc(CNC4CCN(Cc5ccccc5)CC4)ccc3C2=O)C1=O. The summed E-state index contributed by atoms with van der Waals surface area (Å²) in [5.74, 6) is -0.670. The summed E-state index contributed by atoms with van der Waals surface area (Å²) in [4.78, 5) is 44.5. The van der Waals surface area contributed by atoms with Crippen LogP contribution in [0.4, 0.5) is 0 Å². The molecule has 220 valence electrons. The number of nitrogens with one attached hydrogen (secondary N) is 1. The average molecular weight is 577 g/mol. The molecule has 3 aliphatic heterocycles. The Morgan fingerprint density at radius 3 is 2.44 bits per heavy atom. The number of ether oxygens (including phenoxy) is 1. The van der Waals surface area contributed by atoms with Crippen molar-refractivity contribution in [1.29, 1.82) is 0 Å². The van der Waals surface area contributed by atoms with Crippen LogP contribution in [0.25, 0.3) is 0 Å². The van der Waals surface area contributed by atoms with Crippen molar-refractivity contribution >= 4 is 25.8 Å². The molecule has 0 spiro atoms. The molecule has 0 bridgehead atoms.